The molecule has 16 heavy (non-hydrogen) atoms. The Morgan fingerprint density at radius 3 is 2.38 bits per heavy atom. The van der Waals surface area contributed by atoms with Gasteiger partial charge in [-0.2, -0.15) is 0 Å². The number of fused-ring (bicyclic) bond motifs is 2. The summed E-state index contributed by atoms with van der Waals surface area (Å²) < 4.78 is 0. The topological polar surface area (TPSA) is 52.0 Å². The van der Waals surface area contributed by atoms with Crippen molar-refractivity contribution < 1.29 is 0 Å². The largest absolute Gasteiger partial charge is 0.398 e. The highest BCUT2D eigenvalue weighted by Gasteiger charge is 2.06. The van der Waals surface area contributed by atoms with Crippen LogP contribution in [0.25, 0.3) is 21.5 Å². The zero-order chi connectivity index (χ0) is 11.1. The van der Waals surface area contributed by atoms with Crippen LogP contribution < -0.4 is 11.5 Å². The van der Waals surface area contributed by atoms with Crippen molar-refractivity contribution in [1.82, 2.24) is 0 Å². The van der Waals surface area contributed by atoms with Crippen molar-refractivity contribution in [3.8, 4) is 0 Å². The smallest absolute Gasteiger partial charge is 0.0494 e. The first-order valence-corrected chi connectivity index (χ1v) is 5.23. The molecule has 0 saturated carbocycles. The van der Waals surface area contributed by atoms with E-state index in [1.54, 1.807) is 0 Å². The molecule has 0 aliphatic rings. The van der Waals surface area contributed by atoms with Crippen molar-refractivity contribution >= 4 is 32.9 Å². The average Bonchev–Trinajstić information content (AvgIpc) is 2.64. The maximum Gasteiger partial charge on any atom is 0.0494 e. The predicted octanol–water partition coefficient (Wildman–Crippen LogP) is 3.16. The van der Waals surface area contributed by atoms with Gasteiger partial charge in [-0.25, -0.2) is 0 Å². The summed E-state index contributed by atoms with van der Waals surface area (Å²) in [4.78, 5) is 0. The minimum atomic E-state index is 0.723. The van der Waals surface area contributed by atoms with E-state index in [1.165, 1.54) is 0 Å². The van der Waals surface area contributed by atoms with E-state index in [9.17, 15) is 0 Å². The molecule has 78 valence electrons. The van der Waals surface area contributed by atoms with Gasteiger partial charge < -0.3 is 11.5 Å². The molecule has 0 radical (unpaired) electrons. The number of hydrogen-bond donors (Lipinski definition) is 2. The van der Waals surface area contributed by atoms with Crippen LogP contribution in [0.5, 0.6) is 0 Å². The molecule has 3 rings (SSSR count). The second-order valence-corrected chi connectivity index (χ2v) is 3.96. The molecular formula is C14H12N2. The SMILES string of the molecule is Nc1ccccc2cc3cccc3c(N)c12. The van der Waals surface area contributed by atoms with Crippen LogP contribution in [0, 0.1) is 0 Å². The molecule has 0 saturated heterocycles. The van der Waals surface area contributed by atoms with Gasteiger partial charge in [-0.1, -0.05) is 36.4 Å². The first kappa shape index (κ1) is 9.04. The molecule has 2 heteroatoms. The van der Waals surface area contributed by atoms with Gasteiger partial charge in [-0.05, 0) is 22.9 Å². The van der Waals surface area contributed by atoms with E-state index in [0.29, 0.717) is 0 Å². The van der Waals surface area contributed by atoms with Crippen molar-refractivity contribution in [2.24, 2.45) is 0 Å². The van der Waals surface area contributed by atoms with Gasteiger partial charge in [-0.15, -0.1) is 0 Å². The Balaban J connectivity index is 2.65. The first-order valence-electron chi connectivity index (χ1n) is 5.23. The molecule has 2 nitrogen and oxygen atoms in total. The normalized spacial score (nSPS) is 11.0. The van der Waals surface area contributed by atoms with Crippen LogP contribution in [0.2, 0.25) is 0 Å². The summed E-state index contributed by atoms with van der Waals surface area (Å²) >= 11 is 0. The third-order valence-electron chi connectivity index (χ3n) is 2.96. The quantitative estimate of drug-likeness (QED) is 0.557. The molecule has 0 aliphatic heterocycles. The van der Waals surface area contributed by atoms with E-state index >= 15 is 0 Å². The highest BCUT2D eigenvalue weighted by atomic mass is 14.6. The molecule has 0 fully saturated rings. The minimum absolute atomic E-state index is 0.723. The molecular weight excluding hydrogens is 196 g/mol. The Morgan fingerprint density at radius 2 is 1.50 bits per heavy atom. The van der Waals surface area contributed by atoms with Crippen LogP contribution >= 0.6 is 0 Å². The van der Waals surface area contributed by atoms with Gasteiger partial charge in [0.15, 0.2) is 0 Å². The maximum atomic E-state index is 6.18. The maximum absolute atomic E-state index is 6.18. The van der Waals surface area contributed by atoms with Crippen molar-refractivity contribution in [2.75, 3.05) is 11.5 Å². The van der Waals surface area contributed by atoms with Gasteiger partial charge in [0.05, 0.1) is 0 Å². The number of nitrogen functional groups attached to an aromatic ring is 2. The molecule has 0 aliphatic carbocycles. The Hall–Kier alpha value is -2.22. The Labute approximate surface area is 93.5 Å². The Bertz CT molecular complexity index is 687. The van der Waals surface area contributed by atoms with E-state index in [0.717, 1.165) is 32.9 Å². The Kier molecular flexibility index (Phi) is 1.77. The van der Waals surface area contributed by atoms with Gasteiger partial charge >= 0.3 is 0 Å². The van der Waals surface area contributed by atoms with Crippen LogP contribution in [0.1, 0.15) is 0 Å². The summed E-state index contributed by atoms with van der Waals surface area (Å²) in [6.07, 6.45) is 0. The second kappa shape index (κ2) is 3.14. The summed E-state index contributed by atoms with van der Waals surface area (Å²) in [6.45, 7) is 0. The third-order valence-corrected chi connectivity index (χ3v) is 2.96. The molecule has 0 spiro atoms. The predicted molar refractivity (Wildman–Crippen MR) is 70.3 cm³/mol. The van der Waals surface area contributed by atoms with Crippen molar-refractivity contribution in [3.05, 3.63) is 48.5 Å². The number of anilines is 2. The molecule has 0 amide bonds. The summed E-state index contributed by atoms with van der Waals surface area (Å²) in [5.41, 5.74) is 13.7. The van der Waals surface area contributed by atoms with E-state index in [1.807, 2.05) is 36.4 Å². The van der Waals surface area contributed by atoms with E-state index < -0.39 is 0 Å². The molecule has 3 aromatic carbocycles. The van der Waals surface area contributed by atoms with Crippen LogP contribution in [0.4, 0.5) is 11.4 Å². The zero-order valence-corrected chi connectivity index (χ0v) is 8.77. The molecule has 0 aromatic heterocycles. The van der Waals surface area contributed by atoms with Crippen molar-refractivity contribution in [2.45, 2.75) is 0 Å². The van der Waals surface area contributed by atoms with Crippen LogP contribution in [-0.2, 0) is 0 Å². The monoisotopic (exact) mass is 208 g/mol. The fraction of sp³-hybridized carbons (Fsp3) is 0. The number of hydrogen-bond acceptors (Lipinski definition) is 2. The molecule has 0 unspecified atom stereocenters. The lowest BCUT2D eigenvalue weighted by atomic mass is 10.1. The summed E-state index contributed by atoms with van der Waals surface area (Å²) in [5, 5.41) is 4.27. The zero-order valence-electron chi connectivity index (χ0n) is 8.77. The van der Waals surface area contributed by atoms with Crippen molar-refractivity contribution in [1.29, 1.82) is 0 Å². The lowest BCUT2D eigenvalue weighted by Gasteiger charge is -2.04. The third kappa shape index (κ3) is 1.13. The second-order valence-electron chi connectivity index (χ2n) is 3.96. The van der Waals surface area contributed by atoms with Gasteiger partial charge in [0, 0.05) is 22.1 Å². The van der Waals surface area contributed by atoms with E-state index in [4.69, 9.17) is 11.5 Å². The summed E-state index contributed by atoms with van der Waals surface area (Å²) in [6, 6.07) is 16.0. The standard InChI is InChI=1S/C14H12N2/c15-12-7-2-1-4-10-8-9-5-3-6-11(9)14(16)13(10)12/h1-8H,15-16H2. The van der Waals surface area contributed by atoms with Crippen LogP contribution in [0.15, 0.2) is 48.5 Å². The lowest BCUT2D eigenvalue weighted by molar-refractivity contribution is 1.82. The number of rotatable bonds is 0. The van der Waals surface area contributed by atoms with Gasteiger partial charge in [0.2, 0.25) is 0 Å². The number of nitrogens with two attached hydrogens (primary N) is 2. The van der Waals surface area contributed by atoms with Crippen LogP contribution in [-0.4, -0.2) is 0 Å². The lowest BCUT2D eigenvalue weighted by Crippen LogP contribution is -1.91. The fourth-order valence-electron chi connectivity index (χ4n) is 2.19. The summed E-state index contributed by atoms with van der Waals surface area (Å²) in [5.74, 6) is 0. The van der Waals surface area contributed by atoms with E-state index in [-0.39, 0.29) is 0 Å². The molecule has 0 heterocycles. The summed E-state index contributed by atoms with van der Waals surface area (Å²) in [7, 11) is 0. The Morgan fingerprint density at radius 1 is 0.750 bits per heavy atom. The van der Waals surface area contributed by atoms with Gasteiger partial charge in [0.1, 0.15) is 0 Å². The molecule has 3 aromatic rings. The molecule has 4 N–H and O–H groups in total. The molecule has 0 atom stereocenters. The number of benzene rings is 1. The van der Waals surface area contributed by atoms with Crippen molar-refractivity contribution in [3.63, 3.8) is 0 Å². The fourth-order valence-corrected chi connectivity index (χ4v) is 2.19. The van der Waals surface area contributed by atoms with Gasteiger partial charge in [-0.3, -0.25) is 0 Å². The van der Waals surface area contributed by atoms with Crippen LogP contribution in [0.3, 0.4) is 0 Å². The van der Waals surface area contributed by atoms with E-state index in [2.05, 4.69) is 12.1 Å². The first-order chi connectivity index (χ1) is 7.77. The average molecular weight is 208 g/mol. The minimum Gasteiger partial charge on any atom is -0.398 e. The molecule has 0 bridgehead atoms. The van der Waals surface area contributed by atoms with Gasteiger partial charge in [0.25, 0.3) is 0 Å². The highest BCUT2D eigenvalue weighted by Crippen LogP contribution is 2.33. The highest BCUT2D eigenvalue weighted by molar-refractivity contribution is 6.14.